The third-order valence-corrected chi connectivity index (χ3v) is 6.27. The van der Waals surface area contributed by atoms with Crippen LogP contribution < -0.4 is 16.2 Å². The molecular weight excluding hydrogens is 438 g/mol. The second-order valence-corrected chi connectivity index (χ2v) is 8.27. The van der Waals surface area contributed by atoms with Crippen LogP contribution in [0, 0.1) is 18.3 Å². The number of amides is 2. The molecule has 9 heteroatoms. The Morgan fingerprint density at radius 3 is 2.58 bits per heavy atom. The molecule has 2 heterocycles. The van der Waals surface area contributed by atoms with Gasteiger partial charge in [0.2, 0.25) is 5.91 Å². The summed E-state index contributed by atoms with van der Waals surface area (Å²) in [6.07, 6.45) is 1.42. The Morgan fingerprint density at radius 2 is 1.82 bits per heavy atom. The topological polar surface area (TPSA) is 117 Å². The molecule has 8 nitrogen and oxygen atoms in total. The molecule has 164 valence electrons. The minimum absolute atomic E-state index is 0.00723. The molecule has 0 aliphatic carbocycles. The number of nitrogens with zero attached hydrogens (tertiary/aromatic N) is 3. The molecular formula is C24H19N5O3S. The Hall–Kier alpha value is -4.29. The number of thiophene rings is 1. The van der Waals surface area contributed by atoms with Crippen LogP contribution in [0.25, 0.3) is 10.9 Å². The Balaban J connectivity index is 1.47. The lowest BCUT2D eigenvalue weighted by atomic mass is 10.1. The van der Waals surface area contributed by atoms with Gasteiger partial charge in [0.15, 0.2) is 0 Å². The molecule has 0 radical (unpaired) electrons. The van der Waals surface area contributed by atoms with Crippen molar-refractivity contribution in [3.05, 3.63) is 87.3 Å². The normalized spacial score (nSPS) is 10.5. The zero-order valence-electron chi connectivity index (χ0n) is 17.7. The van der Waals surface area contributed by atoms with Gasteiger partial charge < -0.3 is 10.6 Å². The predicted octanol–water partition coefficient (Wildman–Crippen LogP) is 3.92. The molecule has 0 bridgehead atoms. The van der Waals surface area contributed by atoms with E-state index in [0.29, 0.717) is 32.0 Å². The highest BCUT2D eigenvalue weighted by molar-refractivity contribution is 7.18. The van der Waals surface area contributed by atoms with E-state index < -0.39 is 0 Å². The summed E-state index contributed by atoms with van der Waals surface area (Å²) in [7, 11) is 0. The third-order valence-electron chi connectivity index (χ3n) is 5.06. The highest BCUT2D eigenvalue weighted by Crippen LogP contribution is 2.33. The fourth-order valence-corrected chi connectivity index (χ4v) is 4.41. The summed E-state index contributed by atoms with van der Waals surface area (Å²) in [5.41, 5.74) is 1.75. The van der Waals surface area contributed by atoms with Crippen molar-refractivity contribution in [2.45, 2.75) is 19.9 Å². The van der Waals surface area contributed by atoms with Gasteiger partial charge in [-0.25, -0.2) is 4.98 Å². The minimum atomic E-state index is -0.372. The molecule has 0 atom stereocenters. The van der Waals surface area contributed by atoms with E-state index in [2.05, 4.69) is 21.7 Å². The highest BCUT2D eigenvalue weighted by atomic mass is 32.1. The van der Waals surface area contributed by atoms with Crippen LogP contribution in [0.4, 0.5) is 10.7 Å². The highest BCUT2D eigenvalue weighted by Gasteiger charge is 2.21. The van der Waals surface area contributed by atoms with Crippen molar-refractivity contribution in [2.75, 3.05) is 10.6 Å². The predicted molar refractivity (Wildman–Crippen MR) is 127 cm³/mol. The molecule has 0 saturated carbocycles. The van der Waals surface area contributed by atoms with Crippen molar-refractivity contribution in [1.82, 2.24) is 9.55 Å². The first-order chi connectivity index (χ1) is 16.0. The number of aryl methyl sites for hydroxylation is 1. The van der Waals surface area contributed by atoms with E-state index in [1.165, 1.54) is 10.9 Å². The summed E-state index contributed by atoms with van der Waals surface area (Å²) in [6.45, 7) is 1.81. The van der Waals surface area contributed by atoms with Crippen LogP contribution in [-0.2, 0) is 11.3 Å². The monoisotopic (exact) mass is 457 g/mol. The van der Waals surface area contributed by atoms with Gasteiger partial charge in [0, 0.05) is 18.7 Å². The van der Waals surface area contributed by atoms with Crippen molar-refractivity contribution < 1.29 is 9.59 Å². The summed E-state index contributed by atoms with van der Waals surface area (Å²) < 4.78 is 1.38. The number of hydrogen-bond acceptors (Lipinski definition) is 6. The van der Waals surface area contributed by atoms with Crippen molar-refractivity contribution >= 4 is 44.7 Å². The van der Waals surface area contributed by atoms with Gasteiger partial charge >= 0.3 is 0 Å². The van der Waals surface area contributed by atoms with Gasteiger partial charge in [0.1, 0.15) is 11.1 Å². The van der Waals surface area contributed by atoms with Gasteiger partial charge in [-0.15, -0.1) is 11.3 Å². The minimum Gasteiger partial charge on any atom is -0.321 e. The smallest absolute Gasteiger partial charge is 0.266 e. The Bertz CT molecular complexity index is 1450. The van der Waals surface area contributed by atoms with Crippen molar-refractivity contribution in [3.63, 3.8) is 0 Å². The Morgan fingerprint density at radius 1 is 1.09 bits per heavy atom. The largest absolute Gasteiger partial charge is 0.321 e. The number of carbonyl (C=O) groups excluding carboxylic acids is 2. The molecule has 2 N–H and O–H groups in total. The Labute approximate surface area is 193 Å². The van der Waals surface area contributed by atoms with Crippen LogP contribution in [0.1, 0.15) is 27.2 Å². The number of nitrogens with one attached hydrogen (secondary N) is 2. The van der Waals surface area contributed by atoms with E-state index in [0.717, 1.165) is 11.3 Å². The molecule has 4 aromatic rings. The second kappa shape index (κ2) is 9.46. The van der Waals surface area contributed by atoms with Crippen LogP contribution >= 0.6 is 11.3 Å². The van der Waals surface area contributed by atoms with Crippen LogP contribution in [0.5, 0.6) is 0 Å². The van der Waals surface area contributed by atoms with Gasteiger partial charge in [-0.3, -0.25) is 19.0 Å². The van der Waals surface area contributed by atoms with Crippen LogP contribution in [0.2, 0.25) is 0 Å². The molecule has 33 heavy (non-hydrogen) atoms. The number of hydrogen-bond donors (Lipinski definition) is 2. The van der Waals surface area contributed by atoms with E-state index >= 15 is 0 Å². The number of fused-ring (bicyclic) bond motifs is 1. The lowest BCUT2D eigenvalue weighted by molar-refractivity contribution is -0.116. The molecule has 0 unspecified atom stereocenters. The number of aromatic nitrogens is 2. The van der Waals surface area contributed by atoms with E-state index in [1.54, 1.807) is 55.5 Å². The van der Waals surface area contributed by atoms with E-state index in [1.807, 2.05) is 6.07 Å². The number of nitriles is 1. The summed E-state index contributed by atoms with van der Waals surface area (Å²) in [6, 6.07) is 18.0. The number of carbonyl (C=O) groups is 2. The van der Waals surface area contributed by atoms with Crippen molar-refractivity contribution in [2.24, 2.45) is 0 Å². The van der Waals surface area contributed by atoms with Gasteiger partial charge in [0.05, 0.1) is 27.7 Å². The molecule has 2 aromatic carbocycles. The zero-order valence-corrected chi connectivity index (χ0v) is 18.5. The lowest BCUT2D eigenvalue weighted by Gasteiger charge is -2.07. The first-order valence-corrected chi connectivity index (χ1v) is 10.9. The molecule has 0 spiro atoms. The summed E-state index contributed by atoms with van der Waals surface area (Å²) in [4.78, 5) is 42.4. The second-order valence-electron chi connectivity index (χ2n) is 7.25. The first kappa shape index (κ1) is 21.9. The zero-order chi connectivity index (χ0) is 23.4. The van der Waals surface area contributed by atoms with Crippen molar-refractivity contribution in [3.8, 4) is 6.07 Å². The third kappa shape index (κ3) is 4.66. The van der Waals surface area contributed by atoms with Gasteiger partial charge in [-0.1, -0.05) is 30.3 Å². The number of rotatable bonds is 6. The molecule has 0 saturated heterocycles. The number of benzene rings is 2. The maximum Gasteiger partial charge on any atom is 0.266 e. The number of para-hydroxylation sites is 2. The van der Waals surface area contributed by atoms with E-state index in [9.17, 15) is 19.6 Å². The molecule has 0 aliphatic rings. The molecule has 0 fully saturated rings. The molecule has 2 aromatic heterocycles. The number of anilines is 2. The standard InChI is InChI=1S/C24H19N5O3S/c1-15-18(13-25)23(33-21(15)22(31)27-16-7-3-2-4-8-16)28-20(30)11-12-29-14-26-19-10-6-5-9-17(19)24(29)32/h2-10,14H,11-12H2,1H3,(H,27,31)(H,28,30). The first-order valence-electron chi connectivity index (χ1n) is 10.1. The summed E-state index contributed by atoms with van der Waals surface area (Å²) in [5.74, 6) is -0.725. The van der Waals surface area contributed by atoms with Crippen LogP contribution in [0.3, 0.4) is 0 Å². The molecule has 4 rings (SSSR count). The Kier molecular flexibility index (Phi) is 6.29. The van der Waals surface area contributed by atoms with E-state index in [4.69, 9.17) is 0 Å². The maximum atomic E-state index is 12.7. The van der Waals surface area contributed by atoms with Crippen molar-refractivity contribution in [1.29, 1.82) is 5.26 Å². The molecule has 0 aliphatic heterocycles. The fraction of sp³-hybridized carbons (Fsp3) is 0.125. The summed E-state index contributed by atoms with van der Waals surface area (Å²) >= 11 is 1.05. The van der Waals surface area contributed by atoms with Gasteiger partial charge in [0.25, 0.3) is 11.5 Å². The van der Waals surface area contributed by atoms with Crippen LogP contribution in [-0.4, -0.2) is 21.4 Å². The SMILES string of the molecule is Cc1c(C(=O)Nc2ccccc2)sc(NC(=O)CCn2cnc3ccccc3c2=O)c1C#N. The maximum absolute atomic E-state index is 12.7. The lowest BCUT2D eigenvalue weighted by Crippen LogP contribution is -2.23. The molecule has 2 amide bonds. The average molecular weight is 458 g/mol. The van der Waals surface area contributed by atoms with Gasteiger partial charge in [-0.2, -0.15) is 5.26 Å². The van der Waals surface area contributed by atoms with E-state index in [-0.39, 0.29) is 35.9 Å². The average Bonchev–Trinajstić information content (AvgIpc) is 3.14. The summed E-state index contributed by atoms with van der Waals surface area (Å²) in [5, 5.41) is 15.8. The quantitative estimate of drug-likeness (QED) is 0.455. The van der Waals surface area contributed by atoms with Gasteiger partial charge in [-0.05, 0) is 36.8 Å². The fourth-order valence-electron chi connectivity index (χ4n) is 3.34. The van der Waals surface area contributed by atoms with Crippen LogP contribution in [0.15, 0.2) is 65.7 Å².